The van der Waals surface area contributed by atoms with E-state index in [9.17, 15) is 4.79 Å². The quantitative estimate of drug-likeness (QED) is 0.496. The van der Waals surface area contributed by atoms with Crippen LogP contribution in [0.5, 0.6) is 0 Å². The molecule has 2 saturated heterocycles. The fourth-order valence-electron chi connectivity index (χ4n) is 5.47. The first-order chi connectivity index (χ1) is 12.5. The number of unbranched alkanes of at least 4 members (excludes halogenated alkanes) is 8. The highest BCUT2D eigenvalue weighted by Gasteiger charge is 2.59. The van der Waals surface area contributed by atoms with Crippen molar-refractivity contribution in [1.29, 1.82) is 0 Å². The molecule has 2 aliphatic rings. The van der Waals surface area contributed by atoms with E-state index in [1.807, 2.05) is 0 Å². The Morgan fingerprint density at radius 1 is 0.815 bits per heavy atom. The molecule has 2 fully saturated rings. The van der Waals surface area contributed by atoms with Crippen LogP contribution in [0.3, 0.4) is 0 Å². The average molecular weight is 381 g/mol. The Labute approximate surface area is 167 Å². The first-order valence-electron chi connectivity index (χ1n) is 11.3. The largest absolute Gasteiger partial charge is 0.340 e. The number of piperidine rings is 1. The summed E-state index contributed by atoms with van der Waals surface area (Å²) in [5.41, 5.74) is -1.42. The molecule has 27 heavy (non-hydrogen) atoms. The maximum Gasteiger partial charge on any atom is 0.254 e. The van der Waals surface area contributed by atoms with E-state index in [0.717, 1.165) is 25.7 Å². The lowest BCUT2D eigenvalue weighted by Gasteiger charge is -2.50. The van der Waals surface area contributed by atoms with Gasteiger partial charge in [-0.3, -0.25) is 4.79 Å². The van der Waals surface area contributed by atoms with Crippen LogP contribution in [0.1, 0.15) is 119 Å². The molecular formula is C23H44N2O2. The number of hydrogen-bond donors (Lipinski definition) is 2. The second-order valence-electron chi connectivity index (χ2n) is 10.6. The molecule has 1 spiro atoms. The Hall–Kier alpha value is -0.610. The number of carbonyl (C=O) groups is 1. The number of carbonyl (C=O) groups excluding carboxylic acids is 1. The molecule has 0 bridgehead atoms. The number of rotatable bonds is 10. The van der Waals surface area contributed by atoms with Gasteiger partial charge in [0.05, 0.1) is 0 Å². The summed E-state index contributed by atoms with van der Waals surface area (Å²) in [5.74, 6) is 0.0866. The Morgan fingerprint density at radius 3 is 1.81 bits per heavy atom. The summed E-state index contributed by atoms with van der Waals surface area (Å²) < 4.78 is 6.53. The van der Waals surface area contributed by atoms with Gasteiger partial charge in [-0.05, 0) is 47.5 Å². The van der Waals surface area contributed by atoms with Crippen LogP contribution in [-0.4, -0.2) is 28.3 Å². The van der Waals surface area contributed by atoms with Crippen LogP contribution in [0.25, 0.3) is 0 Å². The van der Waals surface area contributed by atoms with E-state index in [2.05, 4.69) is 52.2 Å². The molecule has 0 aromatic rings. The minimum atomic E-state index is -0.688. The minimum Gasteiger partial charge on any atom is -0.340 e. The number of ether oxygens (including phenoxy) is 1. The van der Waals surface area contributed by atoms with Crippen LogP contribution in [0.4, 0.5) is 0 Å². The van der Waals surface area contributed by atoms with Gasteiger partial charge in [0.2, 0.25) is 0 Å². The summed E-state index contributed by atoms with van der Waals surface area (Å²) in [6, 6.07) is 0. The molecule has 0 radical (unpaired) electrons. The zero-order valence-corrected chi connectivity index (χ0v) is 18.8. The maximum absolute atomic E-state index is 12.9. The summed E-state index contributed by atoms with van der Waals surface area (Å²) in [6.07, 6.45) is 14.2. The summed E-state index contributed by atoms with van der Waals surface area (Å²) in [7, 11) is 0. The van der Waals surface area contributed by atoms with Gasteiger partial charge in [0.25, 0.3) is 5.91 Å². The van der Waals surface area contributed by atoms with Gasteiger partial charge in [-0.2, -0.15) is 0 Å². The first kappa shape index (κ1) is 22.7. The van der Waals surface area contributed by atoms with Crippen molar-refractivity contribution in [2.24, 2.45) is 0 Å². The topological polar surface area (TPSA) is 50.4 Å². The van der Waals surface area contributed by atoms with E-state index >= 15 is 0 Å². The van der Waals surface area contributed by atoms with Gasteiger partial charge >= 0.3 is 0 Å². The van der Waals surface area contributed by atoms with Crippen LogP contribution in [0, 0.1) is 0 Å². The fraction of sp³-hybridized carbons (Fsp3) is 0.957. The lowest BCUT2D eigenvalue weighted by molar-refractivity contribution is -0.159. The molecule has 0 aliphatic carbocycles. The summed E-state index contributed by atoms with van der Waals surface area (Å²) >= 11 is 0. The van der Waals surface area contributed by atoms with Gasteiger partial charge in [0.1, 0.15) is 5.72 Å². The molecule has 4 nitrogen and oxygen atoms in total. The van der Waals surface area contributed by atoms with Crippen molar-refractivity contribution in [3.05, 3.63) is 0 Å². The van der Waals surface area contributed by atoms with Crippen LogP contribution >= 0.6 is 0 Å². The third kappa shape index (κ3) is 6.45. The van der Waals surface area contributed by atoms with E-state index in [1.54, 1.807) is 0 Å². The number of hydrogen-bond acceptors (Lipinski definition) is 3. The summed E-state index contributed by atoms with van der Waals surface area (Å²) in [6.45, 7) is 13.0. The fourth-order valence-corrected chi connectivity index (χ4v) is 5.47. The molecular weight excluding hydrogens is 336 g/mol. The Morgan fingerprint density at radius 2 is 1.30 bits per heavy atom. The van der Waals surface area contributed by atoms with Crippen molar-refractivity contribution >= 4 is 5.91 Å². The SMILES string of the molecule is CCCCCCCCCCCC1(C)NC(=O)C2(CC(C)(C)NC(C)(C)C2)O1. The monoisotopic (exact) mass is 380 g/mol. The molecule has 0 aromatic carbocycles. The zero-order chi connectivity index (χ0) is 20.2. The van der Waals surface area contributed by atoms with E-state index in [-0.39, 0.29) is 17.0 Å². The van der Waals surface area contributed by atoms with Crippen LogP contribution in [0.2, 0.25) is 0 Å². The van der Waals surface area contributed by atoms with E-state index in [0.29, 0.717) is 0 Å². The summed E-state index contributed by atoms with van der Waals surface area (Å²) in [4.78, 5) is 12.9. The normalized spacial score (nSPS) is 28.4. The highest BCUT2D eigenvalue weighted by molar-refractivity contribution is 5.88. The van der Waals surface area contributed by atoms with E-state index < -0.39 is 11.3 Å². The highest BCUT2D eigenvalue weighted by Crippen LogP contribution is 2.44. The second-order valence-corrected chi connectivity index (χ2v) is 10.6. The molecule has 158 valence electrons. The van der Waals surface area contributed by atoms with Crippen molar-refractivity contribution in [3.63, 3.8) is 0 Å². The van der Waals surface area contributed by atoms with Gasteiger partial charge in [-0.25, -0.2) is 0 Å². The van der Waals surface area contributed by atoms with Crippen LogP contribution in [0.15, 0.2) is 0 Å². The van der Waals surface area contributed by atoms with Crippen molar-refractivity contribution in [1.82, 2.24) is 10.6 Å². The molecule has 0 aromatic heterocycles. The average Bonchev–Trinajstić information content (AvgIpc) is 2.72. The van der Waals surface area contributed by atoms with Gasteiger partial charge < -0.3 is 15.4 Å². The molecule has 2 heterocycles. The molecule has 2 rings (SSSR count). The Balaban J connectivity index is 1.78. The standard InChI is InChI=1S/C23H44N2O2/c1-7-8-9-10-11-12-13-14-15-16-22(6)24-19(26)23(27-22)17-20(2,3)25-21(4,5)18-23/h25H,7-18H2,1-6H3,(H,24,26). The molecule has 1 atom stereocenters. The van der Waals surface area contributed by atoms with Gasteiger partial charge in [0, 0.05) is 23.9 Å². The number of amides is 1. The van der Waals surface area contributed by atoms with E-state index in [1.165, 1.54) is 51.4 Å². The van der Waals surface area contributed by atoms with Crippen molar-refractivity contribution in [3.8, 4) is 0 Å². The van der Waals surface area contributed by atoms with Gasteiger partial charge in [-0.1, -0.05) is 58.3 Å². The smallest absolute Gasteiger partial charge is 0.254 e. The molecule has 4 heteroatoms. The van der Waals surface area contributed by atoms with Crippen molar-refractivity contribution in [2.75, 3.05) is 0 Å². The van der Waals surface area contributed by atoms with Crippen molar-refractivity contribution < 1.29 is 9.53 Å². The Bertz CT molecular complexity index is 485. The van der Waals surface area contributed by atoms with Gasteiger partial charge in [0.15, 0.2) is 5.60 Å². The highest BCUT2D eigenvalue weighted by atomic mass is 16.6. The van der Waals surface area contributed by atoms with E-state index in [4.69, 9.17) is 4.74 Å². The molecule has 0 saturated carbocycles. The lowest BCUT2D eigenvalue weighted by Crippen LogP contribution is -2.65. The lowest BCUT2D eigenvalue weighted by atomic mass is 9.72. The molecule has 1 amide bonds. The number of nitrogens with one attached hydrogen (secondary N) is 2. The Kier molecular flexibility index (Phi) is 7.40. The van der Waals surface area contributed by atoms with Crippen LogP contribution < -0.4 is 10.6 Å². The van der Waals surface area contributed by atoms with Gasteiger partial charge in [-0.15, -0.1) is 0 Å². The molecule has 2 N–H and O–H groups in total. The van der Waals surface area contributed by atoms with Crippen molar-refractivity contribution in [2.45, 2.75) is 141 Å². The third-order valence-corrected chi connectivity index (χ3v) is 6.10. The first-order valence-corrected chi connectivity index (χ1v) is 11.3. The second kappa shape index (κ2) is 8.82. The molecule has 2 aliphatic heterocycles. The predicted octanol–water partition coefficient (Wildman–Crippen LogP) is 5.45. The maximum atomic E-state index is 12.9. The molecule has 1 unspecified atom stereocenters. The zero-order valence-electron chi connectivity index (χ0n) is 18.8. The van der Waals surface area contributed by atoms with Crippen LogP contribution in [-0.2, 0) is 9.53 Å². The summed E-state index contributed by atoms with van der Waals surface area (Å²) in [5, 5.41) is 6.86. The minimum absolute atomic E-state index is 0.0866. The predicted molar refractivity (Wildman–Crippen MR) is 113 cm³/mol. The third-order valence-electron chi connectivity index (χ3n) is 6.10.